The topological polar surface area (TPSA) is 78.7 Å². The number of benzene rings is 1. The molecule has 3 aromatic rings. The van der Waals surface area contributed by atoms with Crippen molar-refractivity contribution in [2.75, 3.05) is 11.1 Å². The van der Waals surface area contributed by atoms with Crippen LogP contribution in [0.5, 0.6) is 0 Å². The van der Waals surface area contributed by atoms with Crippen molar-refractivity contribution >= 4 is 45.6 Å². The van der Waals surface area contributed by atoms with E-state index in [2.05, 4.69) is 42.1 Å². The lowest BCUT2D eigenvalue weighted by atomic mass is 9.72. The number of amides is 1. The summed E-state index contributed by atoms with van der Waals surface area (Å²) in [6.07, 6.45) is 2.94. The number of nitriles is 1. The van der Waals surface area contributed by atoms with Crippen molar-refractivity contribution in [1.82, 2.24) is 9.97 Å². The summed E-state index contributed by atoms with van der Waals surface area (Å²) in [5.74, 6) is 0.588. The molecule has 2 aromatic heterocycles. The van der Waals surface area contributed by atoms with E-state index in [-0.39, 0.29) is 17.1 Å². The molecule has 0 bridgehead atoms. The van der Waals surface area contributed by atoms with Gasteiger partial charge in [0.1, 0.15) is 11.1 Å². The van der Waals surface area contributed by atoms with E-state index in [9.17, 15) is 10.1 Å². The number of rotatable bonds is 5. The van der Waals surface area contributed by atoms with Crippen LogP contribution in [0.25, 0.3) is 11.3 Å². The van der Waals surface area contributed by atoms with Gasteiger partial charge in [-0.3, -0.25) is 4.79 Å². The van der Waals surface area contributed by atoms with E-state index in [1.807, 2.05) is 37.3 Å². The zero-order valence-corrected chi connectivity index (χ0v) is 22.1. The van der Waals surface area contributed by atoms with Crippen molar-refractivity contribution in [3.63, 3.8) is 0 Å². The highest BCUT2D eigenvalue weighted by molar-refractivity contribution is 7.99. The number of aryl methyl sites for hydroxylation is 1. The molecule has 4 rings (SSSR count). The average Bonchev–Trinajstić information content (AvgIpc) is 3.13. The fraction of sp³-hybridized carbons (Fsp3) is 0.385. The number of hydrogen-bond acceptors (Lipinski definition) is 6. The standard InChI is InChI=1S/C26H27ClN4OS2/c1-15-11-21(16-5-8-18(27)9-6-16)30-25(29-15)33-14-23(32)31-24-20(13-28)19-10-7-17(26(2,3)4)12-22(19)34-24/h5-6,8-9,11,17H,7,10,12,14H2,1-4H3,(H,31,32)/t17-/m0/s1. The molecule has 8 heteroatoms. The predicted molar refractivity (Wildman–Crippen MR) is 141 cm³/mol. The van der Waals surface area contributed by atoms with Gasteiger partial charge in [0, 0.05) is 21.2 Å². The molecule has 0 radical (unpaired) electrons. The summed E-state index contributed by atoms with van der Waals surface area (Å²) in [4.78, 5) is 23.1. The van der Waals surface area contributed by atoms with E-state index >= 15 is 0 Å². The Morgan fingerprint density at radius 1 is 1.29 bits per heavy atom. The van der Waals surface area contributed by atoms with Crippen LogP contribution in [0.1, 0.15) is 48.9 Å². The van der Waals surface area contributed by atoms with Gasteiger partial charge in [0.15, 0.2) is 5.16 Å². The highest BCUT2D eigenvalue weighted by Gasteiger charge is 2.32. The first-order chi connectivity index (χ1) is 16.1. The molecule has 176 valence electrons. The number of thiophene rings is 1. The zero-order valence-electron chi connectivity index (χ0n) is 19.7. The van der Waals surface area contributed by atoms with Gasteiger partial charge >= 0.3 is 0 Å². The van der Waals surface area contributed by atoms with Crippen LogP contribution in [0.15, 0.2) is 35.5 Å². The molecule has 5 nitrogen and oxygen atoms in total. The molecule has 0 spiro atoms. The highest BCUT2D eigenvalue weighted by Crippen LogP contribution is 2.44. The first kappa shape index (κ1) is 24.7. The Balaban J connectivity index is 1.45. The molecular formula is C26H27ClN4OS2. The minimum Gasteiger partial charge on any atom is -0.316 e. The van der Waals surface area contributed by atoms with Gasteiger partial charge < -0.3 is 5.32 Å². The number of anilines is 1. The third-order valence-corrected chi connectivity index (χ3v) is 8.43. The number of hydrogen-bond donors (Lipinski definition) is 1. The van der Waals surface area contributed by atoms with Gasteiger partial charge in [0.05, 0.1) is 17.0 Å². The molecule has 1 aliphatic rings. The molecule has 0 saturated heterocycles. The summed E-state index contributed by atoms with van der Waals surface area (Å²) in [5, 5.41) is 14.6. The number of halogens is 1. The van der Waals surface area contributed by atoms with Crippen LogP contribution in [-0.2, 0) is 17.6 Å². The summed E-state index contributed by atoms with van der Waals surface area (Å²) in [6, 6.07) is 11.7. The smallest absolute Gasteiger partial charge is 0.235 e. The fourth-order valence-corrected chi connectivity index (χ4v) is 6.32. The van der Waals surface area contributed by atoms with Crippen molar-refractivity contribution in [3.05, 3.63) is 57.1 Å². The molecule has 0 unspecified atom stereocenters. The van der Waals surface area contributed by atoms with Crippen LogP contribution in [0.2, 0.25) is 5.02 Å². The Bertz CT molecular complexity index is 1260. The Labute approximate surface area is 214 Å². The zero-order chi connectivity index (χ0) is 24.5. The van der Waals surface area contributed by atoms with E-state index in [0.29, 0.717) is 26.7 Å². The summed E-state index contributed by atoms with van der Waals surface area (Å²) in [7, 11) is 0. The second-order valence-corrected chi connectivity index (χ2v) is 12.1. The van der Waals surface area contributed by atoms with Gasteiger partial charge in [-0.2, -0.15) is 5.26 Å². The Morgan fingerprint density at radius 2 is 2.03 bits per heavy atom. The molecule has 1 amide bonds. The normalized spacial score (nSPS) is 15.5. The summed E-state index contributed by atoms with van der Waals surface area (Å²) >= 11 is 8.84. The van der Waals surface area contributed by atoms with Crippen molar-refractivity contribution in [2.45, 2.75) is 52.1 Å². The maximum atomic E-state index is 12.8. The number of carbonyl (C=O) groups excluding carboxylic acids is 1. The maximum Gasteiger partial charge on any atom is 0.235 e. The first-order valence-corrected chi connectivity index (χ1v) is 13.4. The lowest BCUT2D eigenvalue weighted by Gasteiger charge is -2.33. The Hall–Kier alpha value is -2.40. The summed E-state index contributed by atoms with van der Waals surface area (Å²) in [6.45, 7) is 8.72. The number of nitrogens with zero attached hydrogens (tertiary/aromatic N) is 3. The van der Waals surface area contributed by atoms with Gasteiger partial charge in [-0.05, 0) is 61.3 Å². The van der Waals surface area contributed by atoms with Crippen molar-refractivity contribution in [3.8, 4) is 17.3 Å². The lowest BCUT2D eigenvalue weighted by molar-refractivity contribution is -0.113. The van der Waals surface area contributed by atoms with Crippen LogP contribution in [0, 0.1) is 29.6 Å². The van der Waals surface area contributed by atoms with Gasteiger partial charge in [0.25, 0.3) is 0 Å². The van der Waals surface area contributed by atoms with Crippen molar-refractivity contribution < 1.29 is 4.79 Å². The van der Waals surface area contributed by atoms with Crippen molar-refractivity contribution in [2.24, 2.45) is 11.3 Å². The Morgan fingerprint density at radius 3 is 2.71 bits per heavy atom. The van der Waals surface area contributed by atoms with Crippen LogP contribution in [-0.4, -0.2) is 21.6 Å². The first-order valence-electron chi connectivity index (χ1n) is 11.2. The van der Waals surface area contributed by atoms with Gasteiger partial charge in [-0.15, -0.1) is 11.3 Å². The highest BCUT2D eigenvalue weighted by atomic mass is 35.5. The van der Waals surface area contributed by atoms with Crippen LogP contribution >= 0.6 is 34.7 Å². The molecule has 2 heterocycles. The molecule has 0 saturated carbocycles. The summed E-state index contributed by atoms with van der Waals surface area (Å²) in [5.41, 5.74) is 4.53. The largest absolute Gasteiger partial charge is 0.316 e. The van der Waals surface area contributed by atoms with Crippen LogP contribution < -0.4 is 5.32 Å². The number of fused-ring (bicyclic) bond motifs is 1. The van der Waals surface area contributed by atoms with E-state index in [0.717, 1.165) is 41.8 Å². The molecule has 34 heavy (non-hydrogen) atoms. The number of aromatic nitrogens is 2. The van der Waals surface area contributed by atoms with Crippen LogP contribution in [0.4, 0.5) is 5.00 Å². The summed E-state index contributed by atoms with van der Waals surface area (Å²) < 4.78 is 0. The Kier molecular flexibility index (Phi) is 7.32. The minimum absolute atomic E-state index is 0.161. The second-order valence-electron chi connectivity index (χ2n) is 9.65. The average molecular weight is 511 g/mol. The minimum atomic E-state index is -0.161. The fourth-order valence-electron chi connectivity index (χ4n) is 4.20. The number of nitrogens with one attached hydrogen (secondary N) is 1. The van der Waals surface area contributed by atoms with E-state index in [1.54, 1.807) is 11.3 Å². The quantitative estimate of drug-likeness (QED) is 0.297. The maximum absolute atomic E-state index is 12.8. The molecule has 0 aliphatic heterocycles. The molecule has 1 N–H and O–H groups in total. The van der Waals surface area contributed by atoms with Crippen LogP contribution in [0.3, 0.4) is 0 Å². The van der Waals surface area contributed by atoms with E-state index in [4.69, 9.17) is 11.6 Å². The molecule has 0 fully saturated rings. The third kappa shape index (κ3) is 5.63. The molecule has 1 aromatic carbocycles. The second kappa shape index (κ2) is 10.1. The predicted octanol–water partition coefficient (Wildman–Crippen LogP) is 6.92. The SMILES string of the molecule is Cc1cc(-c2ccc(Cl)cc2)nc(SCC(=O)Nc2sc3c(c2C#N)CC[C@H](C(C)(C)C)C3)n1. The monoisotopic (exact) mass is 510 g/mol. The van der Waals surface area contributed by atoms with Gasteiger partial charge in [-0.25, -0.2) is 9.97 Å². The number of carbonyl (C=O) groups is 1. The van der Waals surface area contributed by atoms with E-state index < -0.39 is 0 Å². The third-order valence-electron chi connectivity index (χ3n) is 6.16. The number of thioether (sulfide) groups is 1. The van der Waals surface area contributed by atoms with Gasteiger partial charge in [0.2, 0.25) is 5.91 Å². The van der Waals surface area contributed by atoms with E-state index in [1.165, 1.54) is 16.6 Å². The van der Waals surface area contributed by atoms with Crippen molar-refractivity contribution in [1.29, 1.82) is 5.26 Å². The molecule has 1 atom stereocenters. The molecule has 1 aliphatic carbocycles. The molecular weight excluding hydrogens is 484 g/mol. The van der Waals surface area contributed by atoms with Gasteiger partial charge in [-0.1, -0.05) is 56.3 Å². The lowest BCUT2D eigenvalue weighted by Crippen LogP contribution is -2.26.